The predicted molar refractivity (Wildman–Crippen MR) is 153 cm³/mol. The lowest BCUT2D eigenvalue weighted by Crippen LogP contribution is -2.20. The van der Waals surface area contributed by atoms with E-state index in [-0.39, 0.29) is 18.1 Å². The van der Waals surface area contributed by atoms with E-state index in [9.17, 15) is 14.9 Å². The summed E-state index contributed by atoms with van der Waals surface area (Å²) in [4.78, 5) is 25.3. The first-order valence-corrected chi connectivity index (χ1v) is 12.9. The van der Waals surface area contributed by atoms with Gasteiger partial charge in [0, 0.05) is 11.4 Å². The summed E-state index contributed by atoms with van der Waals surface area (Å²) in [5.41, 5.74) is 6.01. The zero-order chi connectivity index (χ0) is 27.8. The number of nitrogens with one attached hydrogen (secondary N) is 2. The Labute approximate surface area is 231 Å². The monoisotopic (exact) mass is 575 g/mol. The first-order valence-electron chi connectivity index (χ1n) is 12.1. The summed E-state index contributed by atoms with van der Waals surface area (Å²) in [5, 5.41) is 15.3. The molecule has 0 unspecified atom stereocenters. The third-order valence-corrected chi connectivity index (χ3v) is 6.37. The molecule has 8 heteroatoms. The first kappa shape index (κ1) is 28.5. The second kappa shape index (κ2) is 12.9. The molecular formula is C30H30BrN3O4. The van der Waals surface area contributed by atoms with Crippen molar-refractivity contribution in [3.05, 3.63) is 86.4 Å². The summed E-state index contributed by atoms with van der Waals surface area (Å²) in [7, 11) is 0. The van der Waals surface area contributed by atoms with Crippen molar-refractivity contribution in [2.45, 2.75) is 34.6 Å². The largest absolute Gasteiger partial charge is 0.490 e. The summed E-state index contributed by atoms with van der Waals surface area (Å²) in [6.07, 6.45) is 1.47. The van der Waals surface area contributed by atoms with E-state index in [1.165, 1.54) is 6.08 Å². The van der Waals surface area contributed by atoms with E-state index >= 15 is 0 Å². The van der Waals surface area contributed by atoms with Crippen molar-refractivity contribution in [1.29, 1.82) is 5.26 Å². The number of carbonyl (C=O) groups is 2. The Morgan fingerprint density at radius 1 is 0.947 bits per heavy atom. The van der Waals surface area contributed by atoms with Crippen LogP contribution in [0.2, 0.25) is 0 Å². The van der Waals surface area contributed by atoms with Crippen LogP contribution in [0.3, 0.4) is 0 Å². The zero-order valence-electron chi connectivity index (χ0n) is 22.1. The molecule has 0 saturated carbocycles. The van der Waals surface area contributed by atoms with Gasteiger partial charge in [0.2, 0.25) is 0 Å². The number of anilines is 2. The quantitative estimate of drug-likeness (QED) is 0.220. The molecular weight excluding hydrogens is 546 g/mol. The highest BCUT2D eigenvalue weighted by Gasteiger charge is 2.16. The fourth-order valence-corrected chi connectivity index (χ4v) is 4.26. The second-order valence-electron chi connectivity index (χ2n) is 8.84. The summed E-state index contributed by atoms with van der Waals surface area (Å²) < 4.78 is 12.0. The molecule has 0 atom stereocenters. The smallest absolute Gasteiger partial charge is 0.266 e. The highest BCUT2D eigenvalue weighted by Crippen LogP contribution is 2.37. The van der Waals surface area contributed by atoms with E-state index in [1.807, 2.05) is 77.1 Å². The fourth-order valence-electron chi connectivity index (χ4n) is 3.69. The Morgan fingerprint density at radius 2 is 1.71 bits per heavy atom. The van der Waals surface area contributed by atoms with Gasteiger partial charge in [-0.1, -0.05) is 23.8 Å². The SMILES string of the molecule is CCOc1cc(/C=C(\C#N)C(=O)Nc2ccc(C)cc2C)cc(Br)c1OCC(=O)Nc1ccc(C)c(C)c1. The van der Waals surface area contributed by atoms with Crippen molar-refractivity contribution in [3.63, 3.8) is 0 Å². The number of hydrogen-bond acceptors (Lipinski definition) is 5. The molecule has 0 aliphatic heterocycles. The van der Waals surface area contributed by atoms with Gasteiger partial charge in [-0.05, 0) is 109 Å². The van der Waals surface area contributed by atoms with Gasteiger partial charge in [-0.3, -0.25) is 9.59 Å². The summed E-state index contributed by atoms with van der Waals surface area (Å²) in [6, 6.07) is 16.7. The Bertz CT molecular complexity index is 1440. The first-order chi connectivity index (χ1) is 18.1. The molecule has 0 aliphatic carbocycles. The van der Waals surface area contributed by atoms with E-state index in [2.05, 4.69) is 26.6 Å². The maximum atomic E-state index is 12.8. The summed E-state index contributed by atoms with van der Waals surface area (Å²) in [5.74, 6) is -0.116. The number of rotatable bonds is 9. The molecule has 0 fully saturated rings. The minimum atomic E-state index is -0.517. The van der Waals surface area contributed by atoms with E-state index in [0.29, 0.717) is 39.5 Å². The molecule has 2 N–H and O–H groups in total. The zero-order valence-corrected chi connectivity index (χ0v) is 23.7. The van der Waals surface area contributed by atoms with Crippen LogP contribution in [-0.2, 0) is 9.59 Å². The van der Waals surface area contributed by atoms with Crippen molar-refractivity contribution in [2.24, 2.45) is 0 Å². The molecule has 0 radical (unpaired) electrons. The lowest BCUT2D eigenvalue weighted by atomic mass is 10.1. The van der Waals surface area contributed by atoms with E-state index in [1.54, 1.807) is 12.1 Å². The van der Waals surface area contributed by atoms with Gasteiger partial charge in [-0.2, -0.15) is 5.26 Å². The molecule has 3 aromatic rings. The van der Waals surface area contributed by atoms with Gasteiger partial charge in [0.05, 0.1) is 11.1 Å². The molecule has 0 aromatic heterocycles. The molecule has 0 saturated heterocycles. The van der Waals surface area contributed by atoms with Crippen LogP contribution in [0.4, 0.5) is 11.4 Å². The number of benzene rings is 3. The van der Waals surface area contributed by atoms with Gasteiger partial charge in [0.15, 0.2) is 18.1 Å². The maximum Gasteiger partial charge on any atom is 0.266 e. The summed E-state index contributed by atoms with van der Waals surface area (Å²) in [6.45, 7) is 9.79. The standard InChI is InChI=1S/C30H30BrN3O4/c1-6-37-27-15-22(13-23(16-32)30(36)34-26-10-7-18(2)11-21(26)5)14-25(31)29(27)38-17-28(35)33-24-9-8-19(3)20(4)12-24/h7-15H,6,17H2,1-5H3,(H,33,35)(H,34,36)/b23-13+. The number of nitriles is 1. The molecule has 196 valence electrons. The number of aryl methyl sites for hydroxylation is 4. The van der Waals surface area contributed by atoms with Gasteiger partial charge in [0.1, 0.15) is 11.6 Å². The molecule has 0 heterocycles. The molecule has 3 aromatic carbocycles. The van der Waals surface area contributed by atoms with Crippen molar-refractivity contribution in [2.75, 3.05) is 23.8 Å². The number of ether oxygens (including phenoxy) is 2. The summed E-state index contributed by atoms with van der Waals surface area (Å²) >= 11 is 3.47. The maximum absolute atomic E-state index is 12.8. The topological polar surface area (TPSA) is 100 Å². The average Bonchev–Trinajstić information content (AvgIpc) is 2.86. The van der Waals surface area contributed by atoms with Gasteiger partial charge in [-0.15, -0.1) is 0 Å². The molecule has 0 bridgehead atoms. The van der Waals surface area contributed by atoms with Gasteiger partial charge in [-0.25, -0.2) is 0 Å². The van der Waals surface area contributed by atoms with E-state index < -0.39 is 5.91 Å². The van der Waals surface area contributed by atoms with Crippen LogP contribution in [-0.4, -0.2) is 25.0 Å². The van der Waals surface area contributed by atoms with Gasteiger partial charge in [0.25, 0.3) is 11.8 Å². The average molecular weight is 576 g/mol. The Morgan fingerprint density at radius 3 is 2.37 bits per heavy atom. The second-order valence-corrected chi connectivity index (χ2v) is 9.70. The van der Waals surface area contributed by atoms with Crippen LogP contribution in [0, 0.1) is 39.0 Å². The minimum absolute atomic E-state index is 0.0687. The van der Waals surface area contributed by atoms with Crippen molar-refractivity contribution in [3.8, 4) is 17.6 Å². The number of hydrogen-bond donors (Lipinski definition) is 2. The minimum Gasteiger partial charge on any atom is -0.490 e. The molecule has 0 aliphatic rings. The molecule has 2 amide bonds. The lowest BCUT2D eigenvalue weighted by molar-refractivity contribution is -0.118. The van der Waals surface area contributed by atoms with Crippen molar-refractivity contribution in [1.82, 2.24) is 0 Å². The van der Waals surface area contributed by atoms with Crippen molar-refractivity contribution >= 4 is 45.2 Å². The van der Waals surface area contributed by atoms with Gasteiger partial charge >= 0.3 is 0 Å². The molecule has 3 rings (SSSR count). The normalized spacial score (nSPS) is 10.9. The van der Waals surface area contributed by atoms with Crippen LogP contribution in [0.25, 0.3) is 6.08 Å². The molecule has 7 nitrogen and oxygen atoms in total. The van der Waals surface area contributed by atoms with Crippen LogP contribution in [0.1, 0.15) is 34.7 Å². The van der Waals surface area contributed by atoms with Crippen LogP contribution < -0.4 is 20.1 Å². The van der Waals surface area contributed by atoms with Crippen LogP contribution in [0.5, 0.6) is 11.5 Å². The molecule has 0 spiro atoms. The Kier molecular flexibility index (Phi) is 9.69. The highest BCUT2D eigenvalue weighted by molar-refractivity contribution is 9.10. The number of carbonyl (C=O) groups excluding carboxylic acids is 2. The van der Waals surface area contributed by atoms with Gasteiger partial charge < -0.3 is 20.1 Å². The number of halogens is 1. The lowest BCUT2D eigenvalue weighted by Gasteiger charge is -2.15. The van der Waals surface area contributed by atoms with Crippen LogP contribution >= 0.6 is 15.9 Å². The number of nitrogens with zero attached hydrogens (tertiary/aromatic N) is 1. The highest BCUT2D eigenvalue weighted by atomic mass is 79.9. The van der Waals surface area contributed by atoms with Crippen molar-refractivity contribution < 1.29 is 19.1 Å². The van der Waals surface area contributed by atoms with Crippen LogP contribution in [0.15, 0.2) is 58.6 Å². The predicted octanol–water partition coefficient (Wildman–Crippen LogP) is 6.64. The Hall–Kier alpha value is -4.09. The molecule has 38 heavy (non-hydrogen) atoms. The van der Waals surface area contributed by atoms with E-state index in [4.69, 9.17) is 9.47 Å². The number of amides is 2. The fraction of sp³-hybridized carbons (Fsp3) is 0.233. The third kappa shape index (κ3) is 7.46. The van der Waals surface area contributed by atoms with E-state index in [0.717, 1.165) is 22.3 Å². The Balaban J connectivity index is 1.78. The third-order valence-electron chi connectivity index (χ3n) is 5.78.